The summed E-state index contributed by atoms with van der Waals surface area (Å²) in [4.78, 5) is 3.97. The van der Waals surface area contributed by atoms with Crippen molar-refractivity contribution in [3.63, 3.8) is 0 Å². The molecule has 1 aliphatic rings. The van der Waals surface area contributed by atoms with Crippen molar-refractivity contribution in [2.24, 2.45) is 0 Å². The number of aromatic nitrogens is 1. The number of hydrogen-bond acceptors (Lipinski definition) is 4. The van der Waals surface area contributed by atoms with E-state index in [4.69, 9.17) is 11.6 Å². The third kappa shape index (κ3) is 4.08. The lowest BCUT2D eigenvalue weighted by Crippen LogP contribution is -2.39. The zero-order valence-electron chi connectivity index (χ0n) is 10.7. The molecule has 4 nitrogen and oxygen atoms in total. The molecule has 106 valence electrons. The predicted molar refractivity (Wildman–Crippen MR) is 79.1 cm³/mol. The molecule has 0 amide bonds. The molecule has 0 aromatic carbocycles. The van der Waals surface area contributed by atoms with Gasteiger partial charge in [-0.15, -0.1) is 0 Å². The number of hydrogen-bond donors (Lipinski definition) is 1. The van der Waals surface area contributed by atoms with Crippen LogP contribution in [0.3, 0.4) is 0 Å². The number of rotatable bonds is 4. The second-order valence-corrected chi connectivity index (χ2v) is 7.90. The van der Waals surface area contributed by atoms with Crippen molar-refractivity contribution in [3.05, 3.63) is 23.5 Å². The Morgan fingerprint density at radius 1 is 1.47 bits per heavy atom. The largest absolute Gasteiger partial charge is 0.244 e. The van der Waals surface area contributed by atoms with E-state index in [0.717, 1.165) is 19.3 Å². The summed E-state index contributed by atoms with van der Waals surface area (Å²) in [5, 5.41) is 0.732. The minimum absolute atomic E-state index is 0.0168. The van der Waals surface area contributed by atoms with Crippen LogP contribution in [0.15, 0.2) is 23.2 Å². The van der Waals surface area contributed by atoms with Crippen molar-refractivity contribution in [3.8, 4) is 0 Å². The molecule has 0 aliphatic heterocycles. The van der Waals surface area contributed by atoms with Crippen LogP contribution >= 0.6 is 23.4 Å². The maximum Gasteiger partial charge on any atom is 0.240 e. The van der Waals surface area contributed by atoms with Gasteiger partial charge in [0.15, 0.2) is 0 Å². The Kier molecular flexibility index (Phi) is 5.11. The van der Waals surface area contributed by atoms with E-state index < -0.39 is 10.0 Å². The minimum atomic E-state index is -3.50. The summed E-state index contributed by atoms with van der Waals surface area (Å²) >= 11 is 7.54. The number of thioether (sulfide) groups is 1. The van der Waals surface area contributed by atoms with Crippen LogP contribution in [0.5, 0.6) is 0 Å². The number of halogens is 1. The molecule has 1 heterocycles. The first-order chi connectivity index (χ1) is 9.01. The number of sulfonamides is 1. The Labute approximate surface area is 123 Å². The van der Waals surface area contributed by atoms with Crippen LogP contribution in [0.4, 0.5) is 0 Å². The number of nitrogens with one attached hydrogen (secondary N) is 1. The molecule has 1 saturated carbocycles. The molecule has 0 saturated heterocycles. The van der Waals surface area contributed by atoms with Gasteiger partial charge in [-0.05, 0) is 37.7 Å². The van der Waals surface area contributed by atoms with Crippen LogP contribution in [0.1, 0.15) is 25.7 Å². The van der Waals surface area contributed by atoms with Gasteiger partial charge in [-0.2, -0.15) is 11.8 Å². The van der Waals surface area contributed by atoms with Gasteiger partial charge in [0.2, 0.25) is 10.0 Å². The third-order valence-corrected chi connectivity index (χ3v) is 6.11. The maximum absolute atomic E-state index is 12.2. The van der Waals surface area contributed by atoms with Gasteiger partial charge in [-0.25, -0.2) is 18.1 Å². The average Bonchev–Trinajstić information content (AvgIpc) is 2.38. The molecule has 0 radical (unpaired) electrons. The van der Waals surface area contributed by atoms with Crippen LogP contribution in [0, 0.1) is 0 Å². The molecular weight excluding hydrogens is 304 g/mol. The first-order valence-corrected chi connectivity index (χ1v) is 9.33. The van der Waals surface area contributed by atoms with Gasteiger partial charge < -0.3 is 0 Å². The van der Waals surface area contributed by atoms with Crippen LogP contribution in [-0.2, 0) is 10.0 Å². The summed E-state index contributed by atoms with van der Waals surface area (Å²) in [7, 11) is -3.50. The topological polar surface area (TPSA) is 59.1 Å². The summed E-state index contributed by atoms with van der Waals surface area (Å²) in [6, 6.07) is 2.85. The highest BCUT2D eigenvalue weighted by Gasteiger charge is 2.26. The van der Waals surface area contributed by atoms with Gasteiger partial charge in [-0.3, -0.25) is 0 Å². The van der Waals surface area contributed by atoms with E-state index in [0.29, 0.717) is 5.25 Å². The second kappa shape index (κ2) is 6.43. The van der Waals surface area contributed by atoms with Crippen molar-refractivity contribution >= 4 is 33.4 Å². The lowest BCUT2D eigenvalue weighted by atomic mass is 9.96. The molecular formula is C12H17ClN2O2S2. The summed E-state index contributed by atoms with van der Waals surface area (Å²) in [5.41, 5.74) is 0. The van der Waals surface area contributed by atoms with Crippen LogP contribution in [0.25, 0.3) is 0 Å². The average molecular weight is 321 g/mol. The van der Waals surface area contributed by atoms with Gasteiger partial charge in [0.25, 0.3) is 0 Å². The first-order valence-electron chi connectivity index (χ1n) is 6.18. The molecule has 1 N–H and O–H groups in total. The second-order valence-electron chi connectivity index (χ2n) is 4.66. The van der Waals surface area contributed by atoms with E-state index in [9.17, 15) is 8.42 Å². The molecule has 0 spiro atoms. The smallest absolute Gasteiger partial charge is 0.240 e. The van der Waals surface area contributed by atoms with Crippen molar-refractivity contribution in [1.82, 2.24) is 9.71 Å². The molecule has 1 aliphatic carbocycles. The van der Waals surface area contributed by atoms with Gasteiger partial charge in [-0.1, -0.05) is 18.0 Å². The Morgan fingerprint density at radius 2 is 2.26 bits per heavy atom. The molecule has 19 heavy (non-hydrogen) atoms. The van der Waals surface area contributed by atoms with E-state index >= 15 is 0 Å². The zero-order chi connectivity index (χ0) is 13.9. The number of pyridine rings is 1. The van der Waals surface area contributed by atoms with Crippen LogP contribution < -0.4 is 4.72 Å². The summed E-state index contributed by atoms with van der Waals surface area (Å²) < 4.78 is 27.3. The first kappa shape index (κ1) is 15.1. The Hall–Kier alpha value is -0.300. The van der Waals surface area contributed by atoms with E-state index in [1.54, 1.807) is 0 Å². The van der Waals surface area contributed by atoms with E-state index in [-0.39, 0.29) is 16.1 Å². The molecule has 1 fully saturated rings. The molecule has 7 heteroatoms. The Bertz CT molecular complexity index is 536. The SMILES string of the molecule is CSC1CCCC(NS(=O)(=O)c2ccnc(Cl)c2)C1. The molecule has 2 atom stereocenters. The van der Waals surface area contributed by atoms with E-state index in [1.165, 1.54) is 24.8 Å². The van der Waals surface area contributed by atoms with Crippen molar-refractivity contribution in [2.75, 3.05) is 6.26 Å². The molecule has 2 unspecified atom stereocenters. The Morgan fingerprint density at radius 3 is 2.95 bits per heavy atom. The maximum atomic E-state index is 12.2. The van der Waals surface area contributed by atoms with Gasteiger partial charge in [0.1, 0.15) is 5.15 Å². The lowest BCUT2D eigenvalue weighted by Gasteiger charge is -2.28. The summed E-state index contributed by atoms with van der Waals surface area (Å²) in [6.45, 7) is 0. The normalized spacial score (nSPS) is 24.3. The van der Waals surface area contributed by atoms with Gasteiger partial charge in [0.05, 0.1) is 4.90 Å². The predicted octanol–water partition coefficient (Wildman–Crippen LogP) is 2.69. The van der Waals surface area contributed by atoms with Crippen LogP contribution in [-0.4, -0.2) is 30.9 Å². The monoisotopic (exact) mass is 320 g/mol. The van der Waals surface area contributed by atoms with Crippen LogP contribution in [0.2, 0.25) is 5.15 Å². The standard InChI is InChI=1S/C12H17ClN2O2S2/c1-18-10-4-2-3-9(7-10)15-19(16,17)11-5-6-14-12(13)8-11/h5-6,8-10,15H,2-4,7H2,1H3. The molecule has 0 bridgehead atoms. The van der Waals surface area contributed by atoms with Crippen molar-refractivity contribution < 1.29 is 8.42 Å². The highest BCUT2D eigenvalue weighted by molar-refractivity contribution is 7.99. The minimum Gasteiger partial charge on any atom is -0.244 e. The van der Waals surface area contributed by atoms with Gasteiger partial charge >= 0.3 is 0 Å². The Balaban J connectivity index is 2.09. The van der Waals surface area contributed by atoms with Crippen molar-refractivity contribution in [1.29, 1.82) is 0 Å². The molecule has 2 rings (SSSR count). The fourth-order valence-electron chi connectivity index (χ4n) is 2.31. The van der Waals surface area contributed by atoms with Crippen molar-refractivity contribution in [2.45, 2.75) is 41.9 Å². The molecule has 1 aromatic heterocycles. The summed E-state index contributed by atoms with van der Waals surface area (Å²) in [5.74, 6) is 0. The summed E-state index contributed by atoms with van der Waals surface area (Å²) in [6.07, 6.45) is 7.50. The quantitative estimate of drug-likeness (QED) is 0.867. The fourth-order valence-corrected chi connectivity index (χ4v) is 4.67. The van der Waals surface area contributed by atoms with E-state index in [1.807, 2.05) is 11.8 Å². The molecule has 1 aromatic rings. The fraction of sp³-hybridized carbons (Fsp3) is 0.583. The van der Waals surface area contributed by atoms with E-state index in [2.05, 4.69) is 16.0 Å². The highest BCUT2D eigenvalue weighted by Crippen LogP contribution is 2.27. The van der Waals surface area contributed by atoms with Gasteiger partial charge in [0, 0.05) is 17.5 Å². The third-order valence-electron chi connectivity index (χ3n) is 3.29. The number of nitrogens with zero attached hydrogens (tertiary/aromatic N) is 1. The lowest BCUT2D eigenvalue weighted by molar-refractivity contribution is 0.421. The highest BCUT2D eigenvalue weighted by atomic mass is 35.5. The zero-order valence-corrected chi connectivity index (χ0v) is 13.1.